The number of para-hydroxylation sites is 2. The van der Waals surface area contributed by atoms with Crippen LogP contribution < -0.4 is 10.1 Å². The predicted octanol–water partition coefficient (Wildman–Crippen LogP) is 5.47. The summed E-state index contributed by atoms with van der Waals surface area (Å²) in [7, 11) is 1.81. The minimum absolute atomic E-state index is 0.198. The molecule has 6 nitrogen and oxygen atoms in total. The zero-order valence-electron chi connectivity index (χ0n) is 15.5. The van der Waals surface area contributed by atoms with Gasteiger partial charge in [-0.2, -0.15) is 0 Å². The molecule has 0 spiro atoms. The summed E-state index contributed by atoms with van der Waals surface area (Å²) in [5.74, 6) is 0.923. The molecule has 1 atom stereocenters. The first kappa shape index (κ1) is 21.8. The van der Waals surface area contributed by atoms with Gasteiger partial charge in [-0.1, -0.05) is 64.8 Å². The summed E-state index contributed by atoms with van der Waals surface area (Å²) >= 11 is 19.6. The Morgan fingerprint density at radius 2 is 1.76 bits per heavy atom. The van der Waals surface area contributed by atoms with Gasteiger partial charge >= 0.3 is 0 Å². The van der Waals surface area contributed by atoms with E-state index in [0.717, 1.165) is 0 Å². The fraction of sp³-hybridized carbons (Fsp3) is 0.211. The van der Waals surface area contributed by atoms with Gasteiger partial charge < -0.3 is 14.6 Å². The van der Waals surface area contributed by atoms with Crippen LogP contribution in [-0.4, -0.2) is 25.9 Å². The van der Waals surface area contributed by atoms with E-state index in [1.807, 2.05) is 19.2 Å². The number of hydrogen-bond acceptors (Lipinski definition) is 5. The molecular formula is C19H17Cl3N4O2S. The summed E-state index contributed by atoms with van der Waals surface area (Å²) in [6.07, 6.45) is 0. The van der Waals surface area contributed by atoms with Gasteiger partial charge in [0, 0.05) is 7.05 Å². The zero-order chi connectivity index (χ0) is 21.0. The molecule has 0 saturated heterocycles. The first-order valence-corrected chi connectivity index (χ1v) is 10.5. The molecule has 0 saturated carbocycles. The lowest BCUT2D eigenvalue weighted by Crippen LogP contribution is -2.23. The number of hydrogen-bond donors (Lipinski definition) is 1. The van der Waals surface area contributed by atoms with Crippen molar-refractivity contribution in [2.45, 2.75) is 23.9 Å². The van der Waals surface area contributed by atoms with Crippen LogP contribution in [0.1, 0.15) is 12.7 Å². The average molecular weight is 472 g/mol. The van der Waals surface area contributed by atoms with Crippen LogP contribution in [0.5, 0.6) is 5.75 Å². The van der Waals surface area contributed by atoms with E-state index in [9.17, 15) is 4.79 Å². The molecule has 0 aliphatic carbocycles. The van der Waals surface area contributed by atoms with Gasteiger partial charge in [-0.05, 0) is 31.2 Å². The second-order valence-corrected chi connectivity index (χ2v) is 8.55. The highest BCUT2D eigenvalue weighted by Gasteiger charge is 2.21. The lowest BCUT2D eigenvalue weighted by molar-refractivity contribution is -0.115. The number of aromatic nitrogens is 3. The summed E-state index contributed by atoms with van der Waals surface area (Å²) in [6.45, 7) is 1.96. The third kappa shape index (κ3) is 5.36. The zero-order valence-corrected chi connectivity index (χ0v) is 18.6. The third-order valence-electron chi connectivity index (χ3n) is 3.98. The number of nitrogens with one attached hydrogen (secondary N) is 1. The highest BCUT2D eigenvalue weighted by Crippen LogP contribution is 2.31. The maximum absolute atomic E-state index is 12.5. The van der Waals surface area contributed by atoms with E-state index < -0.39 is 5.25 Å². The molecule has 1 unspecified atom stereocenters. The summed E-state index contributed by atoms with van der Waals surface area (Å²) < 4.78 is 7.47. The van der Waals surface area contributed by atoms with Gasteiger partial charge in [0.2, 0.25) is 5.91 Å². The number of ether oxygens (including phenoxy) is 1. The quantitative estimate of drug-likeness (QED) is 0.463. The summed E-state index contributed by atoms with van der Waals surface area (Å²) in [5, 5.41) is 12.4. The minimum Gasteiger partial charge on any atom is -0.484 e. The van der Waals surface area contributed by atoms with E-state index in [2.05, 4.69) is 15.5 Å². The number of carbonyl (C=O) groups is 1. The van der Waals surface area contributed by atoms with Crippen LogP contribution >= 0.6 is 46.6 Å². The lowest BCUT2D eigenvalue weighted by atomic mass is 10.3. The van der Waals surface area contributed by atoms with Crippen molar-refractivity contribution in [3.05, 3.63) is 63.4 Å². The molecule has 3 rings (SSSR count). The first-order valence-electron chi connectivity index (χ1n) is 8.54. The van der Waals surface area contributed by atoms with Crippen molar-refractivity contribution in [3.8, 4) is 5.75 Å². The Bertz CT molecular complexity index is 1010. The maximum Gasteiger partial charge on any atom is 0.237 e. The van der Waals surface area contributed by atoms with Gasteiger partial charge in [0.05, 0.1) is 26.0 Å². The molecule has 1 aromatic heterocycles. The SMILES string of the molecule is CC(Sc1nnc(COc2ccccc2Cl)n1C)C(=O)Nc1c(Cl)cccc1Cl. The highest BCUT2D eigenvalue weighted by atomic mass is 35.5. The Morgan fingerprint density at radius 1 is 1.10 bits per heavy atom. The predicted molar refractivity (Wildman–Crippen MR) is 117 cm³/mol. The summed E-state index contributed by atoms with van der Waals surface area (Å²) in [5.41, 5.74) is 0.389. The molecule has 0 bridgehead atoms. The van der Waals surface area contributed by atoms with E-state index in [0.29, 0.717) is 37.5 Å². The number of amides is 1. The molecule has 0 aliphatic heterocycles. The Hall–Kier alpha value is -1.93. The van der Waals surface area contributed by atoms with Crippen LogP contribution in [-0.2, 0) is 18.4 Å². The van der Waals surface area contributed by atoms with Gasteiger partial charge in [0.1, 0.15) is 12.4 Å². The molecule has 0 aliphatic rings. The van der Waals surface area contributed by atoms with E-state index in [-0.39, 0.29) is 12.5 Å². The number of anilines is 1. The molecule has 10 heteroatoms. The largest absolute Gasteiger partial charge is 0.484 e. The summed E-state index contributed by atoms with van der Waals surface area (Å²) in [6, 6.07) is 12.2. The smallest absolute Gasteiger partial charge is 0.237 e. The summed E-state index contributed by atoms with van der Waals surface area (Å²) in [4.78, 5) is 12.5. The number of halogens is 3. The Morgan fingerprint density at radius 3 is 2.45 bits per heavy atom. The van der Waals surface area contributed by atoms with Crippen molar-refractivity contribution in [1.29, 1.82) is 0 Å². The fourth-order valence-corrected chi connectivity index (χ4v) is 3.85. The number of benzene rings is 2. The van der Waals surface area contributed by atoms with Crippen molar-refractivity contribution < 1.29 is 9.53 Å². The van der Waals surface area contributed by atoms with Crippen LogP contribution in [0.4, 0.5) is 5.69 Å². The van der Waals surface area contributed by atoms with Crippen LogP contribution in [0, 0.1) is 0 Å². The molecular weight excluding hydrogens is 455 g/mol. The first-order chi connectivity index (χ1) is 13.9. The van der Waals surface area contributed by atoms with Crippen LogP contribution in [0.3, 0.4) is 0 Å². The van der Waals surface area contributed by atoms with Crippen molar-refractivity contribution >= 4 is 58.2 Å². The molecule has 1 amide bonds. The van der Waals surface area contributed by atoms with E-state index in [4.69, 9.17) is 39.5 Å². The van der Waals surface area contributed by atoms with Crippen molar-refractivity contribution in [2.24, 2.45) is 7.05 Å². The van der Waals surface area contributed by atoms with E-state index in [1.165, 1.54) is 11.8 Å². The standard InChI is InChI=1S/C19H17Cl3N4O2S/c1-11(18(27)23-17-13(21)7-5-8-14(17)22)29-19-25-24-16(26(19)2)10-28-15-9-4-3-6-12(15)20/h3-9,11H,10H2,1-2H3,(H,23,27). The van der Waals surface area contributed by atoms with Crippen LogP contribution in [0.25, 0.3) is 0 Å². The molecule has 29 heavy (non-hydrogen) atoms. The molecule has 2 aromatic carbocycles. The number of thioether (sulfide) groups is 1. The Balaban J connectivity index is 1.63. The van der Waals surface area contributed by atoms with Gasteiger partial charge in [0.25, 0.3) is 0 Å². The van der Waals surface area contributed by atoms with Crippen molar-refractivity contribution in [3.63, 3.8) is 0 Å². The second-order valence-electron chi connectivity index (χ2n) is 6.02. The molecule has 0 fully saturated rings. The van der Waals surface area contributed by atoms with Crippen LogP contribution in [0.15, 0.2) is 47.6 Å². The van der Waals surface area contributed by atoms with Gasteiger partial charge in [-0.15, -0.1) is 10.2 Å². The maximum atomic E-state index is 12.5. The molecule has 1 N–H and O–H groups in total. The normalized spacial score (nSPS) is 11.9. The highest BCUT2D eigenvalue weighted by molar-refractivity contribution is 8.00. The second kappa shape index (κ2) is 9.71. The minimum atomic E-state index is -0.456. The Kier molecular flexibility index (Phi) is 7.29. The number of nitrogens with zero attached hydrogens (tertiary/aromatic N) is 3. The van der Waals surface area contributed by atoms with Gasteiger partial charge in [-0.25, -0.2) is 0 Å². The Labute approximate surface area is 187 Å². The van der Waals surface area contributed by atoms with Gasteiger partial charge in [-0.3, -0.25) is 4.79 Å². The van der Waals surface area contributed by atoms with E-state index >= 15 is 0 Å². The third-order valence-corrected chi connectivity index (χ3v) is 6.06. The molecule has 1 heterocycles. The van der Waals surface area contributed by atoms with Crippen molar-refractivity contribution in [1.82, 2.24) is 14.8 Å². The topological polar surface area (TPSA) is 69.0 Å². The lowest BCUT2D eigenvalue weighted by Gasteiger charge is -2.13. The fourth-order valence-electron chi connectivity index (χ4n) is 2.33. The number of carbonyl (C=O) groups excluding carboxylic acids is 1. The molecule has 152 valence electrons. The monoisotopic (exact) mass is 470 g/mol. The van der Waals surface area contributed by atoms with Crippen molar-refractivity contribution in [2.75, 3.05) is 5.32 Å². The van der Waals surface area contributed by atoms with Crippen LogP contribution in [0.2, 0.25) is 15.1 Å². The average Bonchev–Trinajstić information content (AvgIpc) is 3.03. The number of rotatable bonds is 7. The molecule has 3 aromatic rings. The van der Waals surface area contributed by atoms with E-state index in [1.54, 1.807) is 41.8 Å². The molecule has 0 radical (unpaired) electrons. The van der Waals surface area contributed by atoms with Gasteiger partial charge in [0.15, 0.2) is 11.0 Å².